The zero-order valence-electron chi connectivity index (χ0n) is 10.5. The average molecular weight is 220 g/mol. The van der Waals surface area contributed by atoms with E-state index in [-0.39, 0.29) is 12.2 Å². The summed E-state index contributed by atoms with van der Waals surface area (Å²) in [7, 11) is 0. The Morgan fingerprint density at radius 3 is 2.44 bits per heavy atom. The number of rotatable bonds is 0. The molecule has 0 bridgehead atoms. The second kappa shape index (κ2) is 3.21. The fourth-order valence-electron chi connectivity index (χ4n) is 3.40. The maximum atomic E-state index is 6.06. The lowest BCUT2D eigenvalue weighted by atomic mass is 9.75. The van der Waals surface area contributed by atoms with Crippen LogP contribution in [0.3, 0.4) is 0 Å². The lowest BCUT2D eigenvalue weighted by Crippen LogP contribution is -2.40. The zero-order chi connectivity index (χ0) is 11.5. The first kappa shape index (κ1) is 10.5. The monoisotopic (exact) mass is 220 g/mol. The van der Waals surface area contributed by atoms with Crippen molar-refractivity contribution in [3.8, 4) is 0 Å². The molecule has 1 saturated heterocycles. The van der Waals surface area contributed by atoms with E-state index in [4.69, 9.17) is 9.47 Å². The number of allylic oxidation sites excluding steroid dienone is 2. The summed E-state index contributed by atoms with van der Waals surface area (Å²) >= 11 is 0. The predicted molar refractivity (Wildman–Crippen MR) is 62.9 cm³/mol. The van der Waals surface area contributed by atoms with Gasteiger partial charge in [-0.15, -0.1) is 0 Å². The van der Waals surface area contributed by atoms with Crippen LogP contribution in [0, 0.1) is 11.8 Å². The number of ether oxygens (including phenoxy) is 2. The molecular formula is C14H20O2. The van der Waals surface area contributed by atoms with E-state index in [9.17, 15) is 0 Å². The van der Waals surface area contributed by atoms with Gasteiger partial charge >= 0.3 is 0 Å². The van der Waals surface area contributed by atoms with Crippen LogP contribution in [-0.4, -0.2) is 18.0 Å². The molecule has 0 N–H and O–H groups in total. The van der Waals surface area contributed by atoms with Crippen molar-refractivity contribution in [3.05, 3.63) is 23.3 Å². The van der Waals surface area contributed by atoms with Crippen LogP contribution in [0.1, 0.15) is 34.1 Å². The molecule has 0 spiro atoms. The molecule has 88 valence electrons. The molecule has 16 heavy (non-hydrogen) atoms. The SMILES string of the molecule is CC1C2=C(CC=C2)[C@H](C)[C@H]2OC(C)(C)O[C@H]12. The molecule has 1 aliphatic heterocycles. The first-order chi connectivity index (χ1) is 7.49. The standard InChI is InChI=1S/C14H20O2/c1-8-10-6-5-7-11(10)9(2)13-12(8)15-14(3,4)16-13/h5-6,8-9,12-13H,7H2,1-4H3/t8?,9-,12+,13+/m0/s1. The minimum atomic E-state index is -0.415. The molecule has 2 aliphatic carbocycles. The smallest absolute Gasteiger partial charge is 0.163 e. The highest BCUT2D eigenvalue weighted by atomic mass is 16.8. The molecular weight excluding hydrogens is 200 g/mol. The molecule has 0 amide bonds. The number of hydrogen-bond donors (Lipinski definition) is 0. The van der Waals surface area contributed by atoms with Crippen molar-refractivity contribution in [1.82, 2.24) is 0 Å². The Kier molecular flexibility index (Phi) is 2.11. The van der Waals surface area contributed by atoms with Crippen LogP contribution in [0.5, 0.6) is 0 Å². The minimum absolute atomic E-state index is 0.228. The largest absolute Gasteiger partial charge is 0.344 e. The topological polar surface area (TPSA) is 18.5 Å². The van der Waals surface area contributed by atoms with Crippen molar-refractivity contribution in [3.63, 3.8) is 0 Å². The van der Waals surface area contributed by atoms with E-state index >= 15 is 0 Å². The maximum Gasteiger partial charge on any atom is 0.163 e. The van der Waals surface area contributed by atoms with Gasteiger partial charge in [-0.05, 0) is 25.8 Å². The van der Waals surface area contributed by atoms with Gasteiger partial charge in [-0.2, -0.15) is 0 Å². The molecule has 1 heterocycles. The fraction of sp³-hybridized carbons (Fsp3) is 0.714. The van der Waals surface area contributed by atoms with Crippen LogP contribution >= 0.6 is 0 Å². The van der Waals surface area contributed by atoms with Gasteiger partial charge in [0.05, 0.1) is 12.2 Å². The lowest BCUT2D eigenvalue weighted by molar-refractivity contribution is -0.150. The first-order valence-electron chi connectivity index (χ1n) is 6.25. The molecule has 4 atom stereocenters. The van der Waals surface area contributed by atoms with E-state index in [2.05, 4.69) is 26.0 Å². The maximum absolute atomic E-state index is 6.06. The van der Waals surface area contributed by atoms with Crippen molar-refractivity contribution in [2.75, 3.05) is 0 Å². The summed E-state index contributed by atoms with van der Waals surface area (Å²) in [5.74, 6) is 0.547. The van der Waals surface area contributed by atoms with Gasteiger partial charge in [-0.3, -0.25) is 0 Å². The second-order valence-corrected chi connectivity index (χ2v) is 5.73. The van der Waals surface area contributed by atoms with Crippen LogP contribution in [-0.2, 0) is 9.47 Å². The van der Waals surface area contributed by atoms with Crippen molar-refractivity contribution in [2.24, 2.45) is 11.8 Å². The normalized spacial score (nSPS) is 44.8. The molecule has 0 aromatic heterocycles. The van der Waals surface area contributed by atoms with Gasteiger partial charge in [0.2, 0.25) is 0 Å². The van der Waals surface area contributed by atoms with Crippen molar-refractivity contribution in [1.29, 1.82) is 0 Å². The Labute approximate surface area is 97.3 Å². The van der Waals surface area contributed by atoms with Crippen molar-refractivity contribution >= 4 is 0 Å². The summed E-state index contributed by atoms with van der Waals surface area (Å²) in [5, 5.41) is 0. The Bertz CT molecular complexity index is 378. The minimum Gasteiger partial charge on any atom is -0.344 e. The van der Waals surface area contributed by atoms with Gasteiger partial charge in [0.25, 0.3) is 0 Å². The van der Waals surface area contributed by atoms with Crippen molar-refractivity contribution in [2.45, 2.75) is 52.1 Å². The Hall–Kier alpha value is -0.600. The van der Waals surface area contributed by atoms with E-state index in [0.717, 1.165) is 6.42 Å². The molecule has 3 aliphatic rings. The highest BCUT2D eigenvalue weighted by Crippen LogP contribution is 2.47. The van der Waals surface area contributed by atoms with E-state index in [1.807, 2.05) is 13.8 Å². The first-order valence-corrected chi connectivity index (χ1v) is 6.25. The highest BCUT2D eigenvalue weighted by Gasteiger charge is 2.50. The van der Waals surface area contributed by atoms with E-state index in [1.54, 1.807) is 5.57 Å². The Morgan fingerprint density at radius 1 is 1.12 bits per heavy atom. The lowest BCUT2D eigenvalue weighted by Gasteiger charge is -2.35. The van der Waals surface area contributed by atoms with Crippen LogP contribution in [0.2, 0.25) is 0 Å². The third-order valence-electron chi connectivity index (χ3n) is 4.20. The summed E-state index contributed by atoms with van der Waals surface area (Å²) in [4.78, 5) is 0. The average Bonchev–Trinajstić information content (AvgIpc) is 2.78. The highest BCUT2D eigenvalue weighted by molar-refractivity contribution is 5.40. The number of hydrogen-bond acceptors (Lipinski definition) is 2. The van der Waals surface area contributed by atoms with E-state index < -0.39 is 5.79 Å². The fourth-order valence-corrected chi connectivity index (χ4v) is 3.40. The van der Waals surface area contributed by atoms with Crippen LogP contribution in [0.4, 0.5) is 0 Å². The third-order valence-corrected chi connectivity index (χ3v) is 4.20. The molecule has 0 radical (unpaired) electrons. The number of fused-ring (bicyclic) bond motifs is 1. The van der Waals surface area contributed by atoms with Crippen LogP contribution < -0.4 is 0 Å². The van der Waals surface area contributed by atoms with Crippen molar-refractivity contribution < 1.29 is 9.47 Å². The molecule has 2 nitrogen and oxygen atoms in total. The van der Waals surface area contributed by atoms with E-state index in [0.29, 0.717) is 11.8 Å². The van der Waals surface area contributed by atoms with Gasteiger partial charge in [0.1, 0.15) is 0 Å². The molecule has 0 saturated carbocycles. The summed E-state index contributed by atoms with van der Waals surface area (Å²) in [6.45, 7) is 8.58. The Morgan fingerprint density at radius 2 is 1.75 bits per heavy atom. The molecule has 0 aromatic carbocycles. The summed E-state index contributed by atoms with van der Waals surface area (Å²) < 4.78 is 12.1. The molecule has 3 rings (SSSR count). The summed E-state index contributed by atoms with van der Waals surface area (Å²) in [6.07, 6.45) is 6.12. The third kappa shape index (κ3) is 1.33. The zero-order valence-corrected chi connectivity index (χ0v) is 10.5. The second-order valence-electron chi connectivity index (χ2n) is 5.73. The summed E-state index contributed by atoms with van der Waals surface area (Å²) in [5.41, 5.74) is 3.06. The van der Waals surface area contributed by atoms with Crippen LogP contribution in [0.25, 0.3) is 0 Å². The van der Waals surface area contributed by atoms with E-state index in [1.165, 1.54) is 5.57 Å². The van der Waals surface area contributed by atoms with Gasteiger partial charge in [0.15, 0.2) is 5.79 Å². The molecule has 2 heteroatoms. The van der Waals surface area contributed by atoms with Gasteiger partial charge in [-0.1, -0.05) is 31.6 Å². The molecule has 1 unspecified atom stereocenters. The van der Waals surface area contributed by atoms with Gasteiger partial charge in [-0.25, -0.2) is 0 Å². The molecule has 0 aromatic rings. The van der Waals surface area contributed by atoms with Gasteiger partial charge < -0.3 is 9.47 Å². The Balaban J connectivity index is 1.98. The quantitative estimate of drug-likeness (QED) is 0.624. The predicted octanol–water partition coefficient (Wildman–Crippen LogP) is 3.05. The van der Waals surface area contributed by atoms with Crippen LogP contribution in [0.15, 0.2) is 23.3 Å². The molecule has 1 fully saturated rings. The van der Waals surface area contributed by atoms with Gasteiger partial charge in [0, 0.05) is 11.8 Å². The summed E-state index contributed by atoms with van der Waals surface area (Å²) in [6, 6.07) is 0.